The van der Waals surface area contributed by atoms with E-state index >= 15 is 0 Å². The number of benzene rings is 1. The molecule has 1 rings (SSSR count). The number of nitriles is 1. The molecule has 1 aromatic carbocycles. The standard InChI is InChI=1S/C12H11N3O2/c1-7-2-3-8(12(16)17)4-10(7)11(15)9(5-13)6-14/h2-5,13H,15H2,1H3,(H,16,17)/b11-9+,13-5?. The summed E-state index contributed by atoms with van der Waals surface area (Å²) in [6.07, 6.45) is 0.849. The van der Waals surface area contributed by atoms with Crippen molar-refractivity contribution in [3.8, 4) is 6.07 Å². The third-order valence-corrected chi connectivity index (χ3v) is 2.33. The van der Waals surface area contributed by atoms with Gasteiger partial charge in [0, 0.05) is 11.8 Å². The first-order valence-electron chi connectivity index (χ1n) is 4.76. The second-order valence-corrected chi connectivity index (χ2v) is 3.42. The summed E-state index contributed by atoms with van der Waals surface area (Å²) in [6, 6.07) is 6.27. The molecule has 4 N–H and O–H groups in total. The number of hydrogen-bond acceptors (Lipinski definition) is 4. The maximum atomic E-state index is 10.8. The van der Waals surface area contributed by atoms with Gasteiger partial charge in [0.15, 0.2) is 0 Å². The molecule has 0 atom stereocenters. The van der Waals surface area contributed by atoms with Crippen LogP contribution in [-0.2, 0) is 0 Å². The number of nitrogens with two attached hydrogens (primary N) is 1. The molecule has 5 heteroatoms. The van der Waals surface area contributed by atoms with Gasteiger partial charge in [0.25, 0.3) is 0 Å². The minimum absolute atomic E-state index is 0.00985. The molecule has 0 amide bonds. The van der Waals surface area contributed by atoms with Crippen LogP contribution in [0.2, 0.25) is 0 Å². The van der Waals surface area contributed by atoms with Gasteiger partial charge in [-0.3, -0.25) is 0 Å². The Morgan fingerprint density at radius 1 is 1.59 bits per heavy atom. The zero-order valence-electron chi connectivity index (χ0n) is 9.19. The van der Waals surface area contributed by atoms with Crippen molar-refractivity contribution in [1.82, 2.24) is 0 Å². The molecule has 0 fully saturated rings. The van der Waals surface area contributed by atoms with Gasteiger partial charge in [-0.25, -0.2) is 4.79 Å². The van der Waals surface area contributed by atoms with Gasteiger partial charge in [-0.2, -0.15) is 5.26 Å². The molecular weight excluding hydrogens is 218 g/mol. The van der Waals surface area contributed by atoms with E-state index in [1.165, 1.54) is 12.1 Å². The van der Waals surface area contributed by atoms with E-state index < -0.39 is 5.97 Å². The van der Waals surface area contributed by atoms with Crippen LogP contribution in [-0.4, -0.2) is 17.3 Å². The molecule has 0 heterocycles. The summed E-state index contributed by atoms with van der Waals surface area (Å²) in [5.74, 6) is -1.06. The number of nitrogens with zero attached hydrogens (tertiary/aromatic N) is 1. The summed E-state index contributed by atoms with van der Waals surface area (Å²) in [5, 5.41) is 24.7. The third-order valence-electron chi connectivity index (χ3n) is 2.33. The van der Waals surface area contributed by atoms with Gasteiger partial charge in [0.05, 0.1) is 16.8 Å². The Morgan fingerprint density at radius 2 is 2.24 bits per heavy atom. The summed E-state index contributed by atoms with van der Waals surface area (Å²) in [6.45, 7) is 1.76. The molecule has 0 aliphatic carbocycles. The topological polar surface area (TPSA) is 111 Å². The number of aryl methyl sites for hydroxylation is 1. The molecule has 17 heavy (non-hydrogen) atoms. The second-order valence-electron chi connectivity index (χ2n) is 3.42. The fourth-order valence-electron chi connectivity index (χ4n) is 1.36. The fraction of sp³-hybridized carbons (Fsp3) is 0.0833. The number of hydrogen-bond donors (Lipinski definition) is 3. The van der Waals surface area contributed by atoms with Crippen LogP contribution in [0.15, 0.2) is 23.8 Å². The molecule has 0 unspecified atom stereocenters. The highest BCUT2D eigenvalue weighted by molar-refractivity contribution is 5.95. The van der Waals surface area contributed by atoms with Crippen LogP contribution in [0.25, 0.3) is 5.70 Å². The minimum Gasteiger partial charge on any atom is -0.478 e. The van der Waals surface area contributed by atoms with Crippen LogP contribution in [0.5, 0.6) is 0 Å². The van der Waals surface area contributed by atoms with E-state index in [1.807, 2.05) is 0 Å². The van der Waals surface area contributed by atoms with Crippen molar-refractivity contribution in [2.75, 3.05) is 0 Å². The van der Waals surface area contributed by atoms with Gasteiger partial charge in [0.2, 0.25) is 0 Å². The zero-order valence-corrected chi connectivity index (χ0v) is 9.19. The van der Waals surface area contributed by atoms with Gasteiger partial charge in [-0.15, -0.1) is 0 Å². The van der Waals surface area contributed by atoms with Crippen molar-refractivity contribution < 1.29 is 9.90 Å². The van der Waals surface area contributed by atoms with Crippen LogP contribution < -0.4 is 5.73 Å². The van der Waals surface area contributed by atoms with Gasteiger partial charge < -0.3 is 16.2 Å². The molecule has 1 aromatic rings. The van der Waals surface area contributed by atoms with E-state index in [1.54, 1.807) is 19.1 Å². The molecule has 0 aliphatic rings. The number of carbonyl (C=O) groups is 1. The average molecular weight is 229 g/mol. The van der Waals surface area contributed by atoms with Crippen molar-refractivity contribution >= 4 is 17.9 Å². The van der Waals surface area contributed by atoms with Crippen molar-refractivity contribution in [2.45, 2.75) is 6.92 Å². The number of nitrogens with one attached hydrogen (secondary N) is 1. The Bertz CT molecular complexity index is 553. The molecule has 0 bridgehead atoms. The van der Waals surface area contributed by atoms with Crippen molar-refractivity contribution in [3.05, 3.63) is 40.5 Å². The van der Waals surface area contributed by atoms with Crippen LogP contribution in [0.4, 0.5) is 0 Å². The lowest BCUT2D eigenvalue weighted by atomic mass is 10.00. The lowest BCUT2D eigenvalue weighted by Gasteiger charge is -2.08. The maximum absolute atomic E-state index is 10.8. The van der Waals surface area contributed by atoms with E-state index in [9.17, 15) is 4.79 Å². The normalized spacial score (nSPS) is 11.3. The summed E-state index contributed by atoms with van der Waals surface area (Å²) in [5.41, 5.74) is 7.18. The number of carboxylic acid groups (broad SMARTS) is 1. The Kier molecular flexibility index (Phi) is 3.62. The van der Waals surface area contributed by atoms with Crippen LogP contribution in [0.3, 0.4) is 0 Å². The van der Waals surface area contributed by atoms with E-state index in [0.29, 0.717) is 5.56 Å². The predicted molar refractivity (Wildman–Crippen MR) is 63.6 cm³/mol. The number of rotatable bonds is 3. The van der Waals surface area contributed by atoms with Crippen molar-refractivity contribution in [2.24, 2.45) is 5.73 Å². The highest BCUT2D eigenvalue weighted by Crippen LogP contribution is 2.19. The Hall–Kier alpha value is -2.61. The zero-order chi connectivity index (χ0) is 13.0. The lowest BCUT2D eigenvalue weighted by molar-refractivity contribution is 0.0697. The molecule has 0 aliphatic heterocycles. The first-order valence-corrected chi connectivity index (χ1v) is 4.76. The van der Waals surface area contributed by atoms with Gasteiger partial charge in [-0.05, 0) is 24.6 Å². The number of carboxylic acids is 1. The largest absolute Gasteiger partial charge is 0.478 e. The highest BCUT2D eigenvalue weighted by atomic mass is 16.4. The first-order chi connectivity index (χ1) is 8.01. The summed E-state index contributed by atoms with van der Waals surface area (Å²) in [7, 11) is 0. The SMILES string of the molecule is Cc1ccc(C(=O)O)cc1/C(N)=C(\C#N)C=N. The van der Waals surface area contributed by atoms with Crippen LogP contribution >= 0.6 is 0 Å². The maximum Gasteiger partial charge on any atom is 0.335 e. The quantitative estimate of drug-likeness (QED) is 0.539. The Morgan fingerprint density at radius 3 is 2.71 bits per heavy atom. The van der Waals surface area contributed by atoms with Gasteiger partial charge in [0.1, 0.15) is 6.07 Å². The second kappa shape index (κ2) is 4.94. The Labute approximate surface area is 98.3 Å². The van der Waals surface area contributed by atoms with Crippen molar-refractivity contribution in [1.29, 1.82) is 10.7 Å². The summed E-state index contributed by atoms with van der Waals surface area (Å²) >= 11 is 0. The molecule has 0 aromatic heterocycles. The van der Waals surface area contributed by atoms with Crippen LogP contribution in [0, 0.1) is 23.7 Å². The highest BCUT2D eigenvalue weighted by Gasteiger charge is 2.10. The van der Waals surface area contributed by atoms with E-state index in [0.717, 1.165) is 11.8 Å². The van der Waals surface area contributed by atoms with E-state index in [4.69, 9.17) is 21.5 Å². The minimum atomic E-state index is -1.06. The van der Waals surface area contributed by atoms with Gasteiger partial charge >= 0.3 is 5.97 Å². The first kappa shape index (κ1) is 12.5. The smallest absolute Gasteiger partial charge is 0.335 e. The number of aromatic carboxylic acids is 1. The third kappa shape index (κ3) is 2.49. The summed E-state index contributed by atoms with van der Waals surface area (Å²) in [4.78, 5) is 10.8. The van der Waals surface area contributed by atoms with E-state index in [-0.39, 0.29) is 16.8 Å². The molecule has 0 saturated heterocycles. The monoisotopic (exact) mass is 229 g/mol. The summed E-state index contributed by atoms with van der Waals surface area (Å²) < 4.78 is 0. The average Bonchev–Trinajstić information content (AvgIpc) is 2.30. The molecule has 86 valence electrons. The predicted octanol–water partition coefficient (Wildman–Crippen LogP) is 1.54. The molecular formula is C12H11N3O2. The fourth-order valence-corrected chi connectivity index (χ4v) is 1.36. The number of allylic oxidation sites excluding steroid dienone is 1. The molecule has 0 saturated carbocycles. The van der Waals surface area contributed by atoms with Crippen molar-refractivity contribution in [3.63, 3.8) is 0 Å². The lowest BCUT2D eigenvalue weighted by Crippen LogP contribution is -2.06. The Balaban J connectivity index is 3.46. The van der Waals surface area contributed by atoms with Crippen LogP contribution in [0.1, 0.15) is 21.5 Å². The van der Waals surface area contributed by atoms with E-state index in [2.05, 4.69) is 0 Å². The van der Waals surface area contributed by atoms with Gasteiger partial charge in [-0.1, -0.05) is 6.07 Å². The molecule has 5 nitrogen and oxygen atoms in total. The molecule has 0 radical (unpaired) electrons. The molecule has 0 spiro atoms.